The normalized spacial score (nSPS) is 10.0. The molecule has 2 N–H and O–H groups in total. The van der Waals surface area contributed by atoms with Gasteiger partial charge in [-0.05, 0) is 40.2 Å². The van der Waals surface area contributed by atoms with Gasteiger partial charge >= 0.3 is 0 Å². The Kier molecular flexibility index (Phi) is 6.48. The number of nitrogens with zero attached hydrogens (tertiary/aromatic N) is 1. The van der Waals surface area contributed by atoms with Gasteiger partial charge in [0, 0.05) is 10.5 Å². The summed E-state index contributed by atoms with van der Waals surface area (Å²) in [5, 5.41) is 10.9. The summed E-state index contributed by atoms with van der Waals surface area (Å²) in [4.78, 5) is 33.9. The average molecular weight is 473 g/mol. The molecular weight excluding hydrogens is 462 g/mol. The first-order chi connectivity index (χ1) is 11.9. The predicted molar refractivity (Wildman–Crippen MR) is 96.0 cm³/mol. The van der Waals surface area contributed by atoms with Gasteiger partial charge in [-0.3, -0.25) is 30.6 Å². The average Bonchev–Trinajstić information content (AvgIpc) is 2.58. The first-order valence-electron chi connectivity index (χ1n) is 6.79. The number of nitro groups is 1. The Hall–Kier alpha value is -2.46. The molecule has 0 bridgehead atoms. The van der Waals surface area contributed by atoms with E-state index in [-0.39, 0.29) is 17.9 Å². The largest absolute Gasteiger partial charge is 0.483 e. The molecule has 0 saturated carbocycles. The number of para-hydroxylation sites is 1. The van der Waals surface area contributed by atoms with Crippen molar-refractivity contribution >= 4 is 49.4 Å². The smallest absolute Gasteiger partial charge is 0.282 e. The van der Waals surface area contributed by atoms with Crippen molar-refractivity contribution in [1.82, 2.24) is 10.9 Å². The minimum absolute atomic E-state index is 0.163. The van der Waals surface area contributed by atoms with Crippen LogP contribution in [0.5, 0.6) is 5.75 Å². The molecule has 0 saturated heterocycles. The molecule has 2 amide bonds. The number of rotatable bonds is 5. The van der Waals surface area contributed by atoms with Crippen molar-refractivity contribution in [1.29, 1.82) is 0 Å². The van der Waals surface area contributed by atoms with E-state index < -0.39 is 16.7 Å². The maximum Gasteiger partial charge on any atom is 0.282 e. The van der Waals surface area contributed by atoms with Gasteiger partial charge in [-0.1, -0.05) is 28.1 Å². The molecule has 0 unspecified atom stereocenters. The number of hydrogen-bond acceptors (Lipinski definition) is 5. The Morgan fingerprint density at radius 2 is 1.84 bits per heavy atom. The topological polar surface area (TPSA) is 111 Å². The van der Waals surface area contributed by atoms with E-state index in [1.54, 1.807) is 18.2 Å². The van der Waals surface area contributed by atoms with Crippen LogP contribution >= 0.6 is 31.9 Å². The number of hydrazine groups is 1. The lowest BCUT2D eigenvalue weighted by molar-refractivity contribution is -0.385. The molecule has 10 heteroatoms. The van der Waals surface area contributed by atoms with Crippen molar-refractivity contribution < 1.29 is 19.2 Å². The Morgan fingerprint density at radius 1 is 1.12 bits per heavy atom. The van der Waals surface area contributed by atoms with Crippen LogP contribution in [0.1, 0.15) is 10.4 Å². The molecule has 0 atom stereocenters. The van der Waals surface area contributed by atoms with Crippen molar-refractivity contribution in [3.8, 4) is 5.75 Å². The SMILES string of the molecule is O=C(COc1ccc(Br)cc1Br)NNC(=O)c1ccccc1[N+](=O)[O-]. The second-order valence-corrected chi connectivity index (χ2v) is 6.41. The number of carbonyl (C=O) groups excluding carboxylic acids is 2. The lowest BCUT2D eigenvalue weighted by atomic mass is 10.2. The summed E-state index contributed by atoms with van der Waals surface area (Å²) in [5.74, 6) is -0.976. The van der Waals surface area contributed by atoms with Gasteiger partial charge < -0.3 is 4.74 Å². The van der Waals surface area contributed by atoms with Gasteiger partial charge in [-0.25, -0.2) is 0 Å². The van der Waals surface area contributed by atoms with Gasteiger partial charge in [-0.2, -0.15) is 0 Å². The number of nitrogens with one attached hydrogen (secondary N) is 2. The molecule has 0 aliphatic rings. The number of nitro benzene ring substituents is 1. The lowest BCUT2D eigenvalue weighted by Gasteiger charge is -2.10. The molecular formula is C15H11Br2N3O5. The molecule has 2 rings (SSSR count). The highest BCUT2D eigenvalue weighted by Gasteiger charge is 2.19. The van der Waals surface area contributed by atoms with Crippen LogP contribution in [-0.2, 0) is 4.79 Å². The molecule has 0 aromatic heterocycles. The first kappa shape index (κ1) is 18.9. The van der Waals surface area contributed by atoms with Crippen LogP contribution in [0.15, 0.2) is 51.4 Å². The van der Waals surface area contributed by atoms with E-state index >= 15 is 0 Å². The van der Waals surface area contributed by atoms with E-state index in [1.165, 1.54) is 24.3 Å². The summed E-state index contributed by atoms with van der Waals surface area (Å²) >= 11 is 6.59. The third-order valence-electron chi connectivity index (χ3n) is 2.91. The Bertz CT molecular complexity index is 829. The monoisotopic (exact) mass is 471 g/mol. The zero-order valence-electron chi connectivity index (χ0n) is 12.5. The highest BCUT2D eigenvalue weighted by molar-refractivity contribution is 9.11. The summed E-state index contributed by atoms with van der Waals surface area (Å²) in [6.07, 6.45) is 0. The van der Waals surface area contributed by atoms with Gasteiger partial charge in [0.15, 0.2) is 6.61 Å². The van der Waals surface area contributed by atoms with Crippen LogP contribution in [0.25, 0.3) is 0 Å². The number of halogens is 2. The molecule has 0 fully saturated rings. The molecule has 0 spiro atoms. The van der Waals surface area contributed by atoms with E-state index in [9.17, 15) is 19.7 Å². The number of benzene rings is 2. The summed E-state index contributed by atoms with van der Waals surface area (Å²) < 4.78 is 6.81. The van der Waals surface area contributed by atoms with Crippen LogP contribution in [0.3, 0.4) is 0 Å². The van der Waals surface area contributed by atoms with Gasteiger partial charge in [-0.15, -0.1) is 0 Å². The highest BCUT2D eigenvalue weighted by atomic mass is 79.9. The van der Waals surface area contributed by atoms with Crippen molar-refractivity contribution in [2.24, 2.45) is 0 Å². The van der Waals surface area contributed by atoms with Gasteiger partial charge in [0.25, 0.3) is 17.5 Å². The highest BCUT2D eigenvalue weighted by Crippen LogP contribution is 2.28. The molecule has 0 aliphatic heterocycles. The zero-order chi connectivity index (χ0) is 18.4. The van der Waals surface area contributed by atoms with Crippen molar-refractivity contribution in [3.63, 3.8) is 0 Å². The van der Waals surface area contributed by atoms with Crippen molar-refractivity contribution in [3.05, 3.63) is 67.1 Å². The molecule has 0 aliphatic carbocycles. The number of ether oxygens (including phenoxy) is 1. The predicted octanol–water partition coefficient (Wildman–Crippen LogP) is 2.96. The molecule has 0 heterocycles. The second-order valence-electron chi connectivity index (χ2n) is 4.64. The quantitative estimate of drug-likeness (QED) is 0.513. The maximum atomic E-state index is 12.0. The summed E-state index contributed by atoms with van der Waals surface area (Å²) in [5.41, 5.74) is 3.73. The molecule has 0 radical (unpaired) electrons. The standard InChI is InChI=1S/C15H11Br2N3O5/c16-9-5-6-13(11(17)7-9)25-8-14(21)18-19-15(22)10-3-1-2-4-12(10)20(23)24/h1-7H,8H2,(H,18,21)(H,19,22). The Labute approximate surface area is 158 Å². The summed E-state index contributed by atoms with van der Waals surface area (Å²) in [6, 6.07) is 10.6. The molecule has 25 heavy (non-hydrogen) atoms. The van der Waals surface area contributed by atoms with Crippen molar-refractivity contribution in [2.45, 2.75) is 0 Å². The zero-order valence-corrected chi connectivity index (χ0v) is 15.7. The third-order valence-corrected chi connectivity index (χ3v) is 4.03. The summed E-state index contributed by atoms with van der Waals surface area (Å²) in [6.45, 7) is -0.350. The van der Waals surface area contributed by atoms with Crippen LogP contribution in [-0.4, -0.2) is 23.3 Å². The molecule has 130 valence electrons. The summed E-state index contributed by atoms with van der Waals surface area (Å²) in [7, 11) is 0. The Morgan fingerprint density at radius 3 is 2.52 bits per heavy atom. The molecule has 2 aromatic rings. The lowest BCUT2D eigenvalue weighted by Crippen LogP contribution is -2.44. The van der Waals surface area contributed by atoms with E-state index in [0.717, 1.165) is 4.47 Å². The van der Waals surface area contributed by atoms with E-state index in [0.29, 0.717) is 10.2 Å². The minimum Gasteiger partial charge on any atom is -0.483 e. The first-order valence-corrected chi connectivity index (χ1v) is 8.37. The number of carbonyl (C=O) groups is 2. The molecule has 2 aromatic carbocycles. The third kappa shape index (κ3) is 5.26. The number of amides is 2. The van der Waals surface area contributed by atoms with Gasteiger partial charge in [0.2, 0.25) is 0 Å². The Balaban J connectivity index is 1.90. The van der Waals surface area contributed by atoms with Crippen molar-refractivity contribution in [2.75, 3.05) is 6.61 Å². The fourth-order valence-corrected chi connectivity index (χ4v) is 2.95. The van der Waals surface area contributed by atoms with Crippen LogP contribution in [0, 0.1) is 10.1 Å². The minimum atomic E-state index is -0.800. The van der Waals surface area contributed by atoms with Gasteiger partial charge in [0.05, 0.1) is 9.40 Å². The fourth-order valence-electron chi connectivity index (χ4n) is 1.79. The number of hydrogen-bond donors (Lipinski definition) is 2. The second kappa shape index (κ2) is 8.58. The van der Waals surface area contributed by atoms with E-state index in [2.05, 4.69) is 42.7 Å². The van der Waals surface area contributed by atoms with E-state index in [4.69, 9.17) is 4.74 Å². The van der Waals surface area contributed by atoms with E-state index in [1.807, 2.05) is 0 Å². The van der Waals surface area contributed by atoms with Gasteiger partial charge in [0.1, 0.15) is 11.3 Å². The fraction of sp³-hybridized carbons (Fsp3) is 0.0667. The molecule has 8 nitrogen and oxygen atoms in total. The maximum absolute atomic E-state index is 12.0. The van der Waals surface area contributed by atoms with Crippen LogP contribution in [0.4, 0.5) is 5.69 Å². The van der Waals surface area contributed by atoms with Crippen LogP contribution < -0.4 is 15.6 Å². The van der Waals surface area contributed by atoms with Crippen LogP contribution in [0.2, 0.25) is 0 Å².